The van der Waals surface area contributed by atoms with Crippen molar-refractivity contribution in [1.82, 2.24) is 20.1 Å². The van der Waals surface area contributed by atoms with Crippen molar-refractivity contribution in [2.75, 3.05) is 13.1 Å². The van der Waals surface area contributed by atoms with Gasteiger partial charge in [-0.3, -0.25) is 9.89 Å². The van der Waals surface area contributed by atoms with Crippen LogP contribution < -0.4 is 0 Å². The minimum Gasteiger partial charge on any atom is -0.390 e. The molecule has 2 N–H and O–H groups in total. The minimum atomic E-state index is -0.664. The minimum absolute atomic E-state index is 0.149. The van der Waals surface area contributed by atoms with Crippen molar-refractivity contribution < 1.29 is 9.90 Å². The van der Waals surface area contributed by atoms with Crippen molar-refractivity contribution in [3.8, 4) is 0 Å². The maximum absolute atomic E-state index is 12.2. The number of hydrogen-bond acceptors (Lipinski definition) is 4. The summed E-state index contributed by atoms with van der Waals surface area (Å²) in [5.74, 6) is 0.803. The summed E-state index contributed by atoms with van der Waals surface area (Å²) in [6.45, 7) is 4.99. The summed E-state index contributed by atoms with van der Waals surface area (Å²) in [6, 6.07) is 0. The zero-order valence-electron chi connectivity index (χ0n) is 10.9. The van der Waals surface area contributed by atoms with Gasteiger partial charge in [0.05, 0.1) is 5.60 Å². The number of aliphatic hydroxyl groups is 1. The van der Waals surface area contributed by atoms with Gasteiger partial charge in [-0.05, 0) is 26.2 Å². The second-order valence-electron chi connectivity index (χ2n) is 5.10. The quantitative estimate of drug-likeness (QED) is 0.813. The van der Waals surface area contributed by atoms with E-state index in [4.69, 9.17) is 0 Å². The maximum Gasteiger partial charge on any atom is 0.293 e. The number of carbonyl (C=O) groups excluding carboxylic acids is 1. The van der Waals surface area contributed by atoms with Gasteiger partial charge >= 0.3 is 0 Å². The maximum atomic E-state index is 12.2. The molecule has 0 bridgehead atoms. The highest BCUT2D eigenvalue weighted by atomic mass is 16.3. The Morgan fingerprint density at radius 1 is 1.50 bits per heavy atom. The van der Waals surface area contributed by atoms with Crippen LogP contribution in [0.1, 0.15) is 49.6 Å². The molecule has 1 saturated heterocycles. The zero-order valence-corrected chi connectivity index (χ0v) is 10.9. The summed E-state index contributed by atoms with van der Waals surface area (Å²) in [5.41, 5.74) is -0.664. The summed E-state index contributed by atoms with van der Waals surface area (Å²) >= 11 is 0. The largest absolute Gasteiger partial charge is 0.390 e. The third-order valence-corrected chi connectivity index (χ3v) is 3.41. The first-order valence-corrected chi connectivity index (χ1v) is 6.45. The van der Waals surface area contributed by atoms with Gasteiger partial charge in [0.2, 0.25) is 5.82 Å². The molecule has 1 aromatic rings. The Labute approximate surface area is 106 Å². The van der Waals surface area contributed by atoms with Gasteiger partial charge in [0, 0.05) is 19.5 Å². The number of aryl methyl sites for hydroxylation is 1. The van der Waals surface area contributed by atoms with Crippen LogP contribution in [-0.4, -0.2) is 49.8 Å². The average Bonchev–Trinajstić information content (AvgIpc) is 2.74. The fraction of sp³-hybridized carbons (Fsp3) is 0.750. The Balaban J connectivity index is 2.05. The molecule has 0 radical (unpaired) electrons. The molecule has 2 rings (SSSR count). The molecule has 18 heavy (non-hydrogen) atoms. The number of rotatable bonds is 2. The summed E-state index contributed by atoms with van der Waals surface area (Å²) in [5, 5.41) is 16.7. The lowest BCUT2D eigenvalue weighted by molar-refractivity contribution is 0.0436. The van der Waals surface area contributed by atoms with Gasteiger partial charge in [0.1, 0.15) is 5.82 Å². The van der Waals surface area contributed by atoms with Gasteiger partial charge in [-0.1, -0.05) is 6.92 Å². The summed E-state index contributed by atoms with van der Waals surface area (Å²) in [7, 11) is 0. The normalized spacial score (nSPS) is 24.9. The molecule has 1 unspecified atom stereocenters. The number of nitrogens with one attached hydrogen (secondary N) is 1. The number of aromatic amines is 1. The lowest BCUT2D eigenvalue weighted by Crippen LogP contribution is -2.34. The average molecular weight is 252 g/mol. The number of amides is 1. The molecule has 1 aliphatic heterocycles. The third-order valence-electron chi connectivity index (χ3n) is 3.41. The lowest BCUT2D eigenvalue weighted by Gasteiger charge is -2.21. The molecule has 2 heterocycles. The number of likely N-dealkylation sites (tertiary alicyclic amines) is 1. The van der Waals surface area contributed by atoms with Crippen LogP contribution in [0.4, 0.5) is 0 Å². The third kappa shape index (κ3) is 2.87. The highest BCUT2D eigenvalue weighted by Gasteiger charge is 2.28. The molecule has 0 saturated carbocycles. The van der Waals surface area contributed by atoms with Crippen LogP contribution in [0.25, 0.3) is 0 Å². The van der Waals surface area contributed by atoms with Crippen LogP contribution in [-0.2, 0) is 6.42 Å². The van der Waals surface area contributed by atoms with E-state index in [0.717, 1.165) is 25.1 Å². The Morgan fingerprint density at radius 3 is 2.94 bits per heavy atom. The van der Waals surface area contributed by atoms with Crippen LogP contribution in [0.15, 0.2) is 0 Å². The smallest absolute Gasteiger partial charge is 0.293 e. The topological polar surface area (TPSA) is 82.1 Å². The van der Waals surface area contributed by atoms with Crippen molar-refractivity contribution in [2.24, 2.45) is 0 Å². The molecular formula is C12H20N4O2. The van der Waals surface area contributed by atoms with Crippen LogP contribution in [0.2, 0.25) is 0 Å². The molecule has 1 aromatic heterocycles. The molecule has 1 amide bonds. The first-order valence-electron chi connectivity index (χ1n) is 6.45. The van der Waals surface area contributed by atoms with E-state index in [9.17, 15) is 9.90 Å². The predicted octanol–water partition coefficient (Wildman–Crippen LogP) is 0.744. The number of aromatic nitrogens is 3. The monoisotopic (exact) mass is 252 g/mol. The summed E-state index contributed by atoms with van der Waals surface area (Å²) in [6.07, 6.45) is 2.87. The van der Waals surface area contributed by atoms with Gasteiger partial charge in [0.25, 0.3) is 5.91 Å². The van der Waals surface area contributed by atoms with Crippen LogP contribution >= 0.6 is 0 Å². The van der Waals surface area contributed by atoms with E-state index in [-0.39, 0.29) is 11.7 Å². The highest BCUT2D eigenvalue weighted by Crippen LogP contribution is 2.21. The molecule has 0 aromatic carbocycles. The Hall–Kier alpha value is -1.43. The Bertz CT molecular complexity index is 427. The number of carbonyl (C=O) groups is 1. The first-order chi connectivity index (χ1) is 8.52. The number of nitrogens with zero attached hydrogens (tertiary/aromatic N) is 3. The second kappa shape index (κ2) is 5.06. The van der Waals surface area contributed by atoms with Gasteiger partial charge in [0.15, 0.2) is 0 Å². The van der Waals surface area contributed by atoms with Crippen molar-refractivity contribution in [3.63, 3.8) is 0 Å². The van der Waals surface area contributed by atoms with Crippen LogP contribution in [0.5, 0.6) is 0 Å². The standard InChI is InChI=1S/C12H20N4O2/c1-3-9-13-10(15-14-9)11(17)16-7-4-5-12(2,18)6-8-16/h18H,3-8H2,1-2H3,(H,13,14,15). The van der Waals surface area contributed by atoms with E-state index in [0.29, 0.717) is 19.5 Å². The number of hydrogen-bond donors (Lipinski definition) is 2. The fourth-order valence-electron chi connectivity index (χ4n) is 2.16. The predicted molar refractivity (Wildman–Crippen MR) is 66.1 cm³/mol. The van der Waals surface area contributed by atoms with E-state index in [1.807, 2.05) is 13.8 Å². The second-order valence-corrected chi connectivity index (χ2v) is 5.10. The molecule has 1 fully saturated rings. The van der Waals surface area contributed by atoms with Gasteiger partial charge < -0.3 is 10.0 Å². The SMILES string of the molecule is CCc1nc(C(=O)N2CCCC(C)(O)CC2)n[nH]1. The van der Waals surface area contributed by atoms with Gasteiger partial charge in [-0.15, -0.1) is 5.10 Å². The van der Waals surface area contributed by atoms with Crippen LogP contribution in [0.3, 0.4) is 0 Å². The van der Waals surface area contributed by atoms with Crippen LogP contribution in [0, 0.1) is 0 Å². The van der Waals surface area contributed by atoms with Gasteiger partial charge in [-0.2, -0.15) is 0 Å². The van der Waals surface area contributed by atoms with Crippen molar-refractivity contribution >= 4 is 5.91 Å². The molecular weight excluding hydrogens is 232 g/mol. The Morgan fingerprint density at radius 2 is 2.28 bits per heavy atom. The van der Waals surface area contributed by atoms with E-state index in [1.54, 1.807) is 4.90 Å². The first kappa shape index (κ1) is 13.0. The lowest BCUT2D eigenvalue weighted by atomic mass is 9.98. The molecule has 6 heteroatoms. The van der Waals surface area contributed by atoms with Gasteiger partial charge in [-0.25, -0.2) is 4.98 Å². The Kier molecular flexibility index (Phi) is 3.65. The molecule has 1 aliphatic rings. The molecule has 100 valence electrons. The molecule has 0 spiro atoms. The molecule has 1 atom stereocenters. The van der Waals surface area contributed by atoms with E-state index in [1.165, 1.54) is 0 Å². The van der Waals surface area contributed by atoms with Crippen molar-refractivity contribution in [2.45, 2.75) is 45.1 Å². The van der Waals surface area contributed by atoms with Crippen molar-refractivity contribution in [3.05, 3.63) is 11.6 Å². The highest BCUT2D eigenvalue weighted by molar-refractivity contribution is 5.90. The molecule has 6 nitrogen and oxygen atoms in total. The summed E-state index contributed by atoms with van der Waals surface area (Å²) < 4.78 is 0. The zero-order chi connectivity index (χ0) is 13.2. The van der Waals surface area contributed by atoms with E-state index < -0.39 is 5.60 Å². The molecule has 0 aliphatic carbocycles. The summed E-state index contributed by atoms with van der Waals surface area (Å²) in [4.78, 5) is 18.1. The fourth-order valence-corrected chi connectivity index (χ4v) is 2.16. The van der Waals surface area contributed by atoms with Crippen molar-refractivity contribution in [1.29, 1.82) is 0 Å². The van der Waals surface area contributed by atoms with E-state index in [2.05, 4.69) is 15.2 Å². The van der Waals surface area contributed by atoms with E-state index >= 15 is 0 Å². The number of H-pyrrole nitrogens is 1.